The topological polar surface area (TPSA) is 46.1 Å². The summed E-state index contributed by atoms with van der Waals surface area (Å²) in [6, 6.07) is 0. The van der Waals surface area contributed by atoms with Crippen molar-refractivity contribution in [3.8, 4) is 0 Å². The molecular formula is C15H31N3O2. The number of hydrogen-bond acceptors (Lipinski definition) is 3. The molecule has 0 saturated carbocycles. The number of nitrogens with one attached hydrogen (secondary N) is 1. The third kappa shape index (κ3) is 7.10. The number of rotatable bonds is 8. The maximum absolute atomic E-state index is 5.40. The molecule has 118 valence electrons. The molecule has 1 aliphatic rings. The summed E-state index contributed by atoms with van der Waals surface area (Å²) < 4.78 is 10.7. The van der Waals surface area contributed by atoms with Crippen LogP contribution in [0.1, 0.15) is 32.6 Å². The van der Waals surface area contributed by atoms with Gasteiger partial charge in [-0.25, -0.2) is 0 Å². The first-order valence-electron chi connectivity index (χ1n) is 7.85. The molecule has 0 amide bonds. The normalized spacial score (nSPS) is 17.2. The predicted octanol–water partition coefficient (Wildman–Crippen LogP) is 1.74. The number of aliphatic imine (C=N–C) groups is 1. The first-order valence-corrected chi connectivity index (χ1v) is 7.85. The van der Waals surface area contributed by atoms with Gasteiger partial charge in [-0.3, -0.25) is 4.99 Å². The van der Waals surface area contributed by atoms with Crippen molar-refractivity contribution < 1.29 is 9.47 Å². The van der Waals surface area contributed by atoms with E-state index in [9.17, 15) is 0 Å². The summed E-state index contributed by atoms with van der Waals surface area (Å²) in [5, 5.41) is 3.39. The molecular weight excluding hydrogens is 254 g/mol. The molecule has 1 N–H and O–H groups in total. The van der Waals surface area contributed by atoms with E-state index in [1.54, 1.807) is 0 Å². The predicted molar refractivity (Wildman–Crippen MR) is 83.3 cm³/mol. The third-order valence-electron chi connectivity index (χ3n) is 3.74. The maximum Gasteiger partial charge on any atom is 0.193 e. The fraction of sp³-hybridized carbons (Fsp3) is 0.933. The van der Waals surface area contributed by atoms with E-state index in [4.69, 9.17) is 9.47 Å². The van der Waals surface area contributed by atoms with Gasteiger partial charge in [-0.15, -0.1) is 0 Å². The van der Waals surface area contributed by atoms with E-state index in [-0.39, 0.29) is 0 Å². The molecule has 0 aliphatic carbocycles. The van der Waals surface area contributed by atoms with Crippen LogP contribution in [-0.4, -0.2) is 64.5 Å². The van der Waals surface area contributed by atoms with Crippen molar-refractivity contribution in [2.75, 3.05) is 53.6 Å². The van der Waals surface area contributed by atoms with Crippen LogP contribution in [-0.2, 0) is 9.47 Å². The van der Waals surface area contributed by atoms with E-state index in [0.29, 0.717) is 0 Å². The average molecular weight is 285 g/mol. The highest BCUT2D eigenvalue weighted by molar-refractivity contribution is 5.79. The Labute approximate surface area is 123 Å². The first kappa shape index (κ1) is 17.2. The van der Waals surface area contributed by atoms with Crippen molar-refractivity contribution in [1.82, 2.24) is 10.2 Å². The summed E-state index contributed by atoms with van der Waals surface area (Å²) in [7, 11) is 3.95. The standard InChI is InChI=1S/C15H31N3O2/c1-4-19-11-5-9-17-15(16-2)18(3)10-6-14-7-12-20-13-8-14/h14H,4-13H2,1-3H3,(H,16,17). The van der Waals surface area contributed by atoms with Crippen LogP contribution in [0.15, 0.2) is 4.99 Å². The molecule has 0 spiro atoms. The Morgan fingerprint density at radius 3 is 2.80 bits per heavy atom. The Hall–Kier alpha value is -0.810. The van der Waals surface area contributed by atoms with Gasteiger partial charge in [0.1, 0.15) is 0 Å². The van der Waals surface area contributed by atoms with Gasteiger partial charge in [-0.1, -0.05) is 0 Å². The molecule has 1 heterocycles. The molecule has 0 radical (unpaired) electrons. The molecule has 1 rings (SSSR count). The van der Waals surface area contributed by atoms with Crippen LogP contribution in [0.25, 0.3) is 0 Å². The Morgan fingerprint density at radius 2 is 2.15 bits per heavy atom. The fourth-order valence-electron chi connectivity index (χ4n) is 2.42. The van der Waals surface area contributed by atoms with Crippen molar-refractivity contribution in [2.24, 2.45) is 10.9 Å². The second-order valence-corrected chi connectivity index (χ2v) is 5.29. The van der Waals surface area contributed by atoms with Crippen molar-refractivity contribution >= 4 is 5.96 Å². The molecule has 5 heteroatoms. The molecule has 0 unspecified atom stereocenters. The number of ether oxygens (including phenoxy) is 2. The van der Waals surface area contributed by atoms with Gasteiger partial charge in [-0.05, 0) is 38.5 Å². The molecule has 1 fully saturated rings. The molecule has 0 aromatic rings. The number of nitrogens with zero attached hydrogens (tertiary/aromatic N) is 2. The van der Waals surface area contributed by atoms with Crippen LogP contribution in [0.5, 0.6) is 0 Å². The molecule has 1 saturated heterocycles. The largest absolute Gasteiger partial charge is 0.382 e. The zero-order valence-electron chi connectivity index (χ0n) is 13.4. The molecule has 0 aromatic carbocycles. The second-order valence-electron chi connectivity index (χ2n) is 5.29. The monoisotopic (exact) mass is 285 g/mol. The third-order valence-corrected chi connectivity index (χ3v) is 3.74. The Kier molecular flexibility index (Phi) is 9.41. The summed E-state index contributed by atoms with van der Waals surface area (Å²) in [6.45, 7) is 7.45. The highest BCUT2D eigenvalue weighted by Gasteiger charge is 2.15. The van der Waals surface area contributed by atoms with Gasteiger partial charge >= 0.3 is 0 Å². The quantitative estimate of drug-likeness (QED) is 0.419. The summed E-state index contributed by atoms with van der Waals surface area (Å²) in [5.41, 5.74) is 0. The smallest absolute Gasteiger partial charge is 0.193 e. The highest BCUT2D eigenvalue weighted by atomic mass is 16.5. The lowest BCUT2D eigenvalue weighted by Gasteiger charge is -2.26. The van der Waals surface area contributed by atoms with Crippen molar-refractivity contribution in [2.45, 2.75) is 32.6 Å². The van der Waals surface area contributed by atoms with Crippen LogP contribution >= 0.6 is 0 Å². The van der Waals surface area contributed by atoms with E-state index in [1.165, 1.54) is 19.3 Å². The maximum atomic E-state index is 5.40. The van der Waals surface area contributed by atoms with E-state index in [0.717, 1.165) is 57.8 Å². The number of guanidine groups is 1. The summed E-state index contributed by atoms with van der Waals surface area (Å²) in [5.74, 6) is 1.79. The van der Waals surface area contributed by atoms with Gasteiger partial charge in [0.15, 0.2) is 5.96 Å². The second kappa shape index (κ2) is 10.9. The molecule has 0 aromatic heterocycles. The lowest BCUT2D eigenvalue weighted by atomic mass is 9.96. The molecule has 1 aliphatic heterocycles. The van der Waals surface area contributed by atoms with Crippen LogP contribution < -0.4 is 5.32 Å². The summed E-state index contributed by atoms with van der Waals surface area (Å²) in [4.78, 5) is 6.55. The fourth-order valence-corrected chi connectivity index (χ4v) is 2.42. The van der Waals surface area contributed by atoms with Crippen LogP contribution in [0.2, 0.25) is 0 Å². The Morgan fingerprint density at radius 1 is 1.40 bits per heavy atom. The van der Waals surface area contributed by atoms with Gasteiger partial charge in [0, 0.05) is 53.6 Å². The van der Waals surface area contributed by atoms with Gasteiger partial charge in [0.25, 0.3) is 0 Å². The zero-order chi connectivity index (χ0) is 14.6. The molecule has 0 bridgehead atoms. The Bertz CT molecular complexity index is 266. The van der Waals surface area contributed by atoms with Crippen molar-refractivity contribution in [3.63, 3.8) is 0 Å². The van der Waals surface area contributed by atoms with E-state index < -0.39 is 0 Å². The lowest BCUT2D eigenvalue weighted by Crippen LogP contribution is -2.40. The van der Waals surface area contributed by atoms with Crippen LogP contribution in [0, 0.1) is 5.92 Å². The summed E-state index contributed by atoms with van der Waals surface area (Å²) in [6.07, 6.45) is 4.64. The Balaban J connectivity index is 2.15. The molecule has 5 nitrogen and oxygen atoms in total. The van der Waals surface area contributed by atoms with Crippen molar-refractivity contribution in [3.05, 3.63) is 0 Å². The lowest BCUT2D eigenvalue weighted by molar-refractivity contribution is 0.0625. The van der Waals surface area contributed by atoms with Gasteiger partial charge in [0.2, 0.25) is 0 Å². The van der Waals surface area contributed by atoms with Gasteiger partial charge in [0.05, 0.1) is 0 Å². The van der Waals surface area contributed by atoms with E-state index in [2.05, 4.69) is 22.3 Å². The van der Waals surface area contributed by atoms with Crippen LogP contribution in [0.4, 0.5) is 0 Å². The molecule has 0 atom stereocenters. The minimum absolute atomic E-state index is 0.791. The summed E-state index contributed by atoms with van der Waals surface area (Å²) >= 11 is 0. The minimum Gasteiger partial charge on any atom is -0.382 e. The first-order chi connectivity index (χ1) is 9.77. The minimum atomic E-state index is 0.791. The molecule has 20 heavy (non-hydrogen) atoms. The van der Waals surface area contributed by atoms with Crippen LogP contribution in [0.3, 0.4) is 0 Å². The highest BCUT2D eigenvalue weighted by Crippen LogP contribution is 2.18. The van der Waals surface area contributed by atoms with E-state index in [1.807, 2.05) is 14.0 Å². The van der Waals surface area contributed by atoms with E-state index >= 15 is 0 Å². The zero-order valence-corrected chi connectivity index (χ0v) is 13.4. The SMILES string of the molecule is CCOCCCNC(=NC)N(C)CCC1CCOCC1. The van der Waals surface area contributed by atoms with Gasteiger partial charge < -0.3 is 19.7 Å². The van der Waals surface area contributed by atoms with Gasteiger partial charge in [-0.2, -0.15) is 0 Å². The average Bonchev–Trinajstić information content (AvgIpc) is 2.49. The van der Waals surface area contributed by atoms with Crippen molar-refractivity contribution in [1.29, 1.82) is 0 Å². The number of hydrogen-bond donors (Lipinski definition) is 1.